The molecule has 3 rings (SSSR count). The van der Waals surface area contributed by atoms with E-state index < -0.39 is 104 Å². The number of hydrogen-bond donors (Lipinski definition) is 10. The van der Waals surface area contributed by atoms with E-state index in [4.69, 9.17) is 38.8 Å². The molecule has 3 aromatic rings. The summed E-state index contributed by atoms with van der Waals surface area (Å²) in [6.07, 6.45) is -1.10. The molecule has 0 aliphatic heterocycles. The minimum atomic E-state index is -1.60. The highest BCUT2D eigenvalue weighted by Gasteiger charge is 2.27. The number of anilines is 2. The number of carboxylic acid groups (broad SMARTS) is 3. The minimum absolute atomic E-state index is 0.00333. The summed E-state index contributed by atoms with van der Waals surface area (Å²) in [4.78, 5) is 126. The Morgan fingerprint density at radius 3 is 2.05 bits per heavy atom. The summed E-state index contributed by atoms with van der Waals surface area (Å²) in [6, 6.07) is 1.49. The number of nitrogens with two attached hydrogens (primary N) is 1. The van der Waals surface area contributed by atoms with Crippen LogP contribution < -0.4 is 37.9 Å². The first-order chi connectivity index (χ1) is 30.5. The van der Waals surface area contributed by atoms with Gasteiger partial charge in [0.05, 0.1) is 18.4 Å². The highest BCUT2D eigenvalue weighted by Crippen LogP contribution is 2.22. The second-order valence-corrected chi connectivity index (χ2v) is 16.5. The number of amides is 5. The van der Waals surface area contributed by atoms with E-state index in [1.807, 2.05) is 0 Å². The molecular weight excluding hydrogens is 929 g/mol. The lowest BCUT2D eigenvalue weighted by molar-refractivity contribution is -0.143. The number of halogens is 2. The van der Waals surface area contributed by atoms with Gasteiger partial charge in [-0.05, 0) is 37.1 Å². The van der Waals surface area contributed by atoms with Gasteiger partial charge in [-0.15, -0.1) is 23.2 Å². The fraction of sp³-hybridized carbons (Fsp3) is 0.444. The fourth-order valence-electron chi connectivity index (χ4n) is 5.23. The molecule has 3 unspecified atom stereocenters. The van der Waals surface area contributed by atoms with Gasteiger partial charge < -0.3 is 57.3 Å². The number of aromatic nitrogens is 4. The number of carbonyl (C=O) groups excluding carboxylic acids is 5. The zero-order chi connectivity index (χ0) is 47.2. The normalized spacial score (nSPS) is 12.2. The molecule has 0 saturated carbocycles. The molecule has 0 aliphatic rings. The highest BCUT2D eigenvalue weighted by molar-refractivity contribution is 8.76. The maximum Gasteiger partial charge on any atom is 0.409 e. The summed E-state index contributed by atoms with van der Waals surface area (Å²) in [5.74, 6) is -7.12. The van der Waals surface area contributed by atoms with Crippen LogP contribution in [0.2, 0.25) is 0 Å². The first-order valence-electron chi connectivity index (χ1n) is 19.0. The van der Waals surface area contributed by atoms with Gasteiger partial charge in [0.1, 0.15) is 31.3 Å². The van der Waals surface area contributed by atoms with Crippen molar-refractivity contribution < 1.29 is 58.4 Å². The third kappa shape index (κ3) is 18.3. The van der Waals surface area contributed by atoms with Crippen LogP contribution in [0.15, 0.2) is 35.3 Å². The number of benzene rings is 1. The number of nitrogens with zero attached hydrogens (tertiary/aromatic N) is 4. The number of aromatic amines is 1. The zero-order valence-electron chi connectivity index (χ0n) is 33.7. The van der Waals surface area contributed by atoms with Crippen LogP contribution in [0.25, 0.3) is 11.2 Å². The molecule has 348 valence electrons. The zero-order valence-corrected chi connectivity index (χ0v) is 36.8. The lowest BCUT2D eigenvalue weighted by atomic mass is 10.1. The molecule has 2 aromatic heterocycles. The van der Waals surface area contributed by atoms with Crippen molar-refractivity contribution in [3.63, 3.8) is 0 Å². The van der Waals surface area contributed by atoms with E-state index >= 15 is 0 Å². The van der Waals surface area contributed by atoms with Gasteiger partial charge in [0.25, 0.3) is 11.5 Å². The van der Waals surface area contributed by atoms with Crippen molar-refractivity contribution in [2.45, 2.75) is 50.4 Å². The quantitative estimate of drug-likeness (QED) is 0.0264. The van der Waals surface area contributed by atoms with Gasteiger partial charge in [0, 0.05) is 60.4 Å². The SMILES string of the molecule is Nc1nc2ncc(CNc3ccc(C(=O)NC(CCC(=O)NC(CCC(=O)NC(CSSCCOC(=O)N(CCCl)CCCl)C(=O)NCC(=O)O)C(=O)O)C(=O)O)cc3)nc2c(=O)[nH]1. The number of carboxylic acids is 3. The van der Waals surface area contributed by atoms with E-state index in [2.05, 4.69) is 46.5 Å². The Morgan fingerprint density at radius 1 is 0.844 bits per heavy atom. The number of ether oxygens (including phenoxy) is 1. The molecule has 0 aliphatic carbocycles. The van der Waals surface area contributed by atoms with Gasteiger partial charge in [-0.2, -0.15) is 4.98 Å². The van der Waals surface area contributed by atoms with Crippen molar-refractivity contribution >= 4 is 115 Å². The van der Waals surface area contributed by atoms with Gasteiger partial charge in [0.15, 0.2) is 11.2 Å². The predicted octanol–water partition coefficient (Wildman–Crippen LogP) is 0.203. The van der Waals surface area contributed by atoms with Crippen LogP contribution in [0.5, 0.6) is 0 Å². The smallest absolute Gasteiger partial charge is 0.409 e. The Bertz CT molecular complexity index is 2180. The Kier molecular flexibility index (Phi) is 22.2. The Balaban J connectivity index is 1.47. The van der Waals surface area contributed by atoms with E-state index in [1.165, 1.54) is 46.2 Å². The Labute approximate surface area is 381 Å². The third-order valence-electron chi connectivity index (χ3n) is 8.41. The second kappa shape index (κ2) is 27.2. The van der Waals surface area contributed by atoms with Gasteiger partial charge in [-0.1, -0.05) is 21.6 Å². The van der Waals surface area contributed by atoms with Crippen molar-refractivity contribution in [1.82, 2.24) is 46.1 Å². The van der Waals surface area contributed by atoms with E-state index in [9.17, 15) is 53.4 Å². The van der Waals surface area contributed by atoms with Crippen LogP contribution >= 0.6 is 44.8 Å². The van der Waals surface area contributed by atoms with Crippen molar-refractivity contribution in [3.8, 4) is 0 Å². The number of rotatable bonds is 28. The van der Waals surface area contributed by atoms with E-state index in [0.29, 0.717) is 11.4 Å². The number of fused-ring (bicyclic) bond motifs is 1. The summed E-state index contributed by atoms with van der Waals surface area (Å²) < 4.78 is 5.18. The van der Waals surface area contributed by atoms with E-state index in [1.54, 1.807) is 0 Å². The summed E-state index contributed by atoms with van der Waals surface area (Å²) in [6.45, 7) is -0.122. The topological polar surface area (TPSA) is 367 Å². The standard InChI is InChI=1S/C36H45Cl2N11O13S2/c37-9-11-49(12-10-38)36(61)62-13-14-63-64-18-24(31(55)42-17-27(52)53)45-26(51)7-5-22(33(57)58)44-25(50)8-6-23(34(59)60)46-30(54)19-1-3-20(4-2-19)40-15-21-16-41-29-28(43-21)32(56)48-35(39)47-29/h1-4,16,22-24,40H,5-15,17-18H2,(H,42,55)(H,44,50)(H,45,51)(H,46,54)(H,52,53)(H,57,58)(H,59,60)(H3,39,41,47,48,56). The minimum Gasteiger partial charge on any atom is -0.480 e. The molecule has 0 spiro atoms. The summed E-state index contributed by atoms with van der Waals surface area (Å²) in [5, 5.41) is 40.6. The number of nitrogen functional groups attached to an aromatic ring is 1. The molecular formula is C36H45Cl2N11O13S2. The molecule has 5 amide bonds. The van der Waals surface area contributed by atoms with Crippen molar-refractivity contribution in [2.24, 2.45) is 0 Å². The number of hydrogen-bond acceptors (Lipinski definition) is 17. The molecule has 28 heteroatoms. The Morgan fingerprint density at radius 2 is 1.45 bits per heavy atom. The number of carbonyl (C=O) groups is 8. The van der Waals surface area contributed by atoms with Crippen LogP contribution in [-0.2, 0) is 40.0 Å². The fourth-order valence-corrected chi connectivity index (χ4v) is 7.62. The van der Waals surface area contributed by atoms with Crippen LogP contribution in [0, 0.1) is 0 Å². The number of nitrogens with one attached hydrogen (secondary N) is 6. The molecule has 64 heavy (non-hydrogen) atoms. The average Bonchev–Trinajstić information content (AvgIpc) is 3.25. The molecule has 24 nitrogen and oxygen atoms in total. The molecule has 0 fully saturated rings. The maximum absolute atomic E-state index is 12.9. The first kappa shape index (κ1) is 52.2. The highest BCUT2D eigenvalue weighted by atomic mass is 35.5. The van der Waals surface area contributed by atoms with Gasteiger partial charge in [-0.3, -0.25) is 33.8 Å². The van der Waals surface area contributed by atoms with Gasteiger partial charge in [0.2, 0.25) is 23.7 Å². The molecule has 2 heterocycles. The van der Waals surface area contributed by atoms with Crippen molar-refractivity contribution in [1.29, 1.82) is 0 Å². The van der Waals surface area contributed by atoms with Crippen LogP contribution in [-0.4, -0.2) is 155 Å². The van der Waals surface area contributed by atoms with Crippen LogP contribution in [0.3, 0.4) is 0 Å². The molecule has 3 atom stereocenters. The average molecular weight is 975 g/mol. The summed E-state index contributed by atoms with van der Waals surface area (Å²) >= 11 is 11.4. The molecule has 0 radical (unpaired) electrons. The largest absolute Gasteiger partial charge is 0.480 e. The molecule has 1 aromatic carbocycles. The molecule has 0 saturated heterocycles. The van der Waals surface area contributed by atoms with E-state index in [-0.39, 0.29) is 72.2 Å². The van der Waals surface area contributed by atoms with Crippen molar-refractivity contribution in [3.05, 3.63) is 52.1 Å². The Hall–Kier alpha value is -6.12. The van der Waals surface area contributed by atoms with Crippen molar-refractivity contribution in [2.75, 3.05) is 60.6 Å². The first-order valence-corrected chi connectivity index (χ1v) is 22.5. The summed E-state index contributed by atoms with van der Waals surface area (Å²) in [7, 11) is 2.30. The number of alkyl halides is 2. The lowest BCUT2D eigenvalue weighted by Crippen LogP contribution is -2.49. The van der Waals surface area contributed by atoms with E-state index in [0.717, 1.165) is 10.8 Å². The summed E-state index contributed by atoms with van der Waals surface area (Å²) in [5.41, 5.74) is 6.06. The van der Waals surface area contributed by atoms with Gasteiger partial charge in [-0.25, -0.2) is 24.4 Å². The van der Waals surface area contributed by atoms with Crippen LogP contribution in [0.1, 0.15) is 41.7 Å². The molecule has 11 N–H and O–H groups in total. The number of H-pyrrole nitrogens is 1. The van der Waals surface area contributed by atoms with Crippen LogP contribution in [0.4, 0.5) is 16.4 Å². The molecule has 0 bridgehead atoms. The monoisotopic (exact) mass is 973 g/mol. The predicted molar refractivity (Wildman–Crippen MR) is 235 cm³/mol. The maximum atomic E-state index is 12.9. The van der Waals surface area contributed by atoms with Gasteiger partial charge >= 0.3 is 24.0 Å². The third-order valence-corrected chi connectivity index (χ3v) is 11.1. The lowest BCUT2D eigenvalue weighted by Gasteiger charge is -2.20. The second-order valence-electron chi connectivity index (χ2n) is 13.1. The number of aliphatic carboxylic acids is 3.